The summed E-state index contributed by atoms with van der Waals surface area (Å²) in [6.07, 6.45) is 4.60. The van der Waals surface area contributed by atoms with Crippen LogP contribution in [0.5, 0.6) is 17.2 Å². The van der Waals surface area contributed by atoms with Crippen LogP contribution >= 0.6 is 0 Å². The van der Waals surface area contributed by atoms with Gasteiger partial charge in [0.05, 0.1) is 11.2 Å². The van der Waals surface area contributed by atoms with Crippen LogP contribution < -0.4 is 20.5 Å². The van der Waals surface area contributed by atoms with E-state index in [0.29, 0.717) is 34.7 Å². The second-order valence-electron chi connectivity index (χ2n) is 15.0. The number of aromatic nitrogens is 1. The minimum Gasteiger partial charge on any atom is -0.480 e. The molecule has 0 spiro atoms. The summed E-state index contributed by atoms with van der Waals surface area (Å²) in [4.78, 5) is 28.9. The number of hydrogen-bond acceptors (Lipinski definition) is 5. The molecule has 0 saturated carbocycles. The maximum Gasteiger partial charge on any atom is 0.417 e. The van der Waals surface area contributed by atoms with Gasteiger partial charge in [-0.15, -0.1) is 0 Å². The summed E-state index contributed by atoms with van der Waals surface area (Å²) in [5.41, 5.74) is 4.60. The summed E-state index contributed by atoms with van der Waals surface area (Å²) in [6, 6.07) is 17.6. The van der Waals surface area contributed by atoms with Crippen LogP contribution in [-0.2, 0) is 21.0 Å². The zero-order valence-electron chi connectivity index (χ0n) is 30.1. The van der Waals surface area contributed by atoms with Gasteiger partial charge in [0.25, 0.3) is 5.91 Å². The van der Waals surface area contributed by atoms with E-state index in [4.69, 9.17) is 13.9 Å². The monoisotopic (exact) mass is 642 g/mol. The van der Waals surface area contributed by atoms with Crippen molar-refractivity contribution in [3.63, 3.8) is 0 Å². The number of anilines is 1. The summed E-state index contributed by atoms with van der Waals surface area (Å²) in [6.45, 7) is 22.0. The Hall–Kier alpha value is -4.00. The molecular formula is C40H54N2O5. The molecule has 0 aliphatic carbocycles. The number of ether oxygens (including phenoxy) is 2. The molecule has 3 aromatic carbocycles. The molecule has 0 saturated heterocycles. The molecule has 47 heavy (non-hydrogen) atoms. The first-order valence-electron chi connectivity index (χ1n) is 17.2. The maximum absolute atomic E-state index is 14.1. The van der Waals surface area contributed by atoms with Gasteiger partial charge in [0.2, 0.25) is 0 Å². The minimum absolute atomic E-state index is 0.00161. The summed E-state index contributed by atoms with van der Waals surface area (Å²) in [5.74, 6) is 0.857. The van der Waals surface area contributed by atoms with Gasteiger partial charge in [-0.1, -0.05) is 106 Å². The first kappa shape index (κ1) is 35.8. The van der Waals surface area contributed by atoms with Crippen molar-refractivity contribution in [3.05, 3.63) is 81.8 Å². The highest BCUT2D eigenvalue weighted by atomic mass is 16.5. The van der Waals surface area contributed by atoms with Gasteiger partial charge >= 0.3 is 5.76 Å². The normalized spacial score (nSPS) is 13.1. The third kappa shape index (κ3) is 8.68. The lowest BCUT2D eigenvalue weighted by Crippen LogP contribution is -2.34. The number of unbranched alkanes of at least 4 members (excludes halogenated alkanes) is 2. The predicted octanol–water partition coefficient (Wildman–Crippen LogP) is 10.6. The number of benzene rings is 3. The van der Waals surface area contributed by atoms with Crippen LogP contribution in [-0.4, -0.2) is 17.0 Å². The van der Waals surface area contributed by atoms with Crippen molar-refractivity contribution in [1.82, 2.24) is 4.98 Å². The fourth-order valence-corrected chi connectivity index (χ4v) is 5.48. The highest BCUT2D eigenvalue weighted by Crippen LogP contribution is 2.40. The molecule has 1 unspecified atom stereocenters. The number of aromatic amines is 1. The van der Waals surface area contributed by atoms with Crippen molar-refractivity contribution >= 4 is 22.7 Å². The van der Waals surface area contributed by atoms with Gasteiger partial charge in [0.15, 0.2) is 17.4 Å². The lowest BCUT2D eigenvalue weighted by Gasteiger charge is -2.31. The van der Waals surface area contributed by atoms with E-state index in [1.165, 1.54) is 11.1 Å². The maximum atomic E-state index is 14.1. The molecule has 0 fully saturated rings. The number of rotatable bonds is 14. The number of oxazole rings is 1. The molecule has 2 N–H and O–H groups in total. The van der Waals surface area contributed by atoms with E-state index in [-0.39, 0.29) is 22.2 Å². The van der Waals surface area contributed by atoms with Gasteiger partial charge in [-0.3, -0.25) is 9.78 Å². The molecule has 4 aromatic rings. The first-order valence-corrected chi connectivity index (χ1v) is 17.2. The van der Waals surface area contributed by atoms with Crippen LogP contribution in [0.25, 0.3) is 11.1 Å². The third-order valence-corrected chi connectivity index (χ3v) is 9.62. The van der Waals surface area contributed by atoms with E-state index in [1.54, 1.807) is 12.1 Å². The molecule has 0 radical (unpaired) electrons. The topological polar surface area (TPSA) is 93.6 Å². The zero-order chi connectivity index (χ0) is 34.6. The second kappa shape index (κ2) is 14.4. The van der Waals surface area contributed by atoms with Crippen LogP contribution in [0.4, 0.5) is 5.69 Å². The number of amides is 1. The Balaban J connectivity index is 1.70. The molecule has 1 aromatic heterocycles. The smallest absolute Gasteiger partial charge is 0.417 e. The molecule has 1 amide bonds. The molecule has 0 bridgehead atoms. The van der Waals surface area contributed by atoms with Crippen LogP contribution in [0.3, 0.4) is 0 Å². The third-order valence-electron chi connectivity index (χ3n) is 9.62. The number of nitrogens with one attached hydrogen (secondary N) is 2. The Kier molecular flexibility index (Phi) is 11.0. The zero-order valence-corrected chi connectivity index (χ0v) is 30.1. The molecule has 254 valence electrons. The predicted molar refractivity (Wildman–Crippen MR) is 192 cm³/mol. The average Bonchev–Trinajstić information content (AvgIpc) is 3.39. The number of hydrogen-bond donors (Lipinski definition) is 2. The van der Waals surface area contributed by atoms with E-state index in [2.05, 4.69) is 91.7 Å². The minimum atomic E-state index is -0.745. The molecule has 1 atom stereocenters. The molecule has 1 heterocycles. The highest BCUT2D eigenvalue weighted by molar-refractivity contribution is 5.97. The Bertz CT molecular complexity index is 1720. The second-order valence-corrected chi connectivity index (χ2v) is 15.0. The van der Waals surface area contributed by atoms with E-state index in [0.717, 1.165) is 43.4 Å². The number of carbonyl (C=O) groups is 1. The van der Waals surface area contributed by atoms with Crippen molar-refractivity contribution in [2.75, 3.05) is 5.32 Å². The largest absolute Gasteiger partial charge is 0.480 e. The SMILES string of the molecule is CCCCCC(Oc1ccc(C(C)(C)CC)cc1C(C)(C)CC)C(=O)Nc1cc2oc(=O)[nH]c2cc1Oc1ccc(C(C)(C)C)cc1. The van der Waals surface area contributed by atoms with Gasteiger partial charge in [0, 0.05) is 17.7 Å². The summed E-state index contributed by atoms with van der Waals surface area (Å²) in [5, 5.41) is 3.07. The average molecular weight is 643 g/mol. The molecule has 7 heteroatoms. The van der Waals surface area contributed by atoms with E-state index in [9.17, 15) is 9.59 Å². The van der Waals surface area contributed by atoms with Crippen LogP contribution in [0.15, 0.2) is 63.8 Å². The van der Waals surface area contributed by atoms with Crippen molar-refractivity contribution in [3.8, 4) is 17.2 Å². The molecule has 7 nitrogen and oxygen atoms in total. The Morgan fingerprint density at radius 2 is 1.49 bits per heavy atom. The van der Waals surface area contributed by atoms with Crippen molar-refractivity contribution < 1.29 is 18.7 Å². The summed E-state index contributed by atoms with van der Waals surface area (Å²) in [7, 11) is 0. The van der Waals surface area contributed by atoms with Crippen LogP contribution in [0.1, 0.15) is 124 Å². The van der Waals surface area contributed by atoms with Gasteiger partial charge < -0.3 is 19.2 Å². The quantitative estimate of drug-likeness (QED) is 0.134. The standard InChI is InChI=1S/C40H54N2O5/c1-11-14-15-16-33(46-32-22-19-27(39(7,8)12-2)23-29(32)40(9,10)13-3)36(43)41-30-24-35-31(42-37(44)47-35)25-34(30)45-28-20-17-26(18-21-28)38(4,5)6/h17-25,33H,11-16H2,1-10H3,(H,41,43)(H,42,44). The number of carbonyl (C=O) groups excluding carboxylic acids is 1. The molecule has 0 aliphatic rings. The van der Waals surface area contributed by atoms with E-state index in [1.807, 2.05) is 30.3 Å². The lowest BCUT2D eigenvalue weighted by atomic mass is 9.76. The van der Waals surface area contributed by atoms with Crippen LogP contribution in [0, 0.1) is 0 Å². The van der Waals surface area contributed by atoms with Gasteiger partial charge in [-0.05, 0) is 71.3 Å². The van der Waals surface area contributed by atoms with E-state index < -0.39 is 11.9 Å². The lowest BCUT2D eigenvalue weighted by molar-refractivity contribution is -0.123. The number of H-pyrrole nitrogens is 1. The fourth-order valence-electron chi connectivity index (χ4n) is 5.48. The van der Waals surface area contributed by atoms with Gasteiger partial charge in [-0.25, -0.2) is 4.79 Å². The fraction of sp³-hybridized carbons (Fsp3) is 0.500. The highest BCUT2D eigenvalue weighted by Gasteiger charge is 2.30. The number of fused-ring (bicyclic) bond motifs is 1. The Labute approximate surface area is 280 Å². The summed E-state index contributed by atoms with van der Waals surface area (Å²) < 4.78 is 18.3. The summed E-state index contributed by atoms with van der Waals surface area (Å²) >= 11 is 0. The van der Waals surface area contributed by atoms with Gasteiger partial charge in [-0.2, -0.15) is 0 Å². The van der Waals surface area contributed by atoms with Crippen molar-refractivity contribution in [2.24, 2.45) is 0 Å². The molecule has 0 aliphatic heterocycles. The Morgan fingerprint density at radius 3 is 2.11 bits per heavy atom. The molecular weight excluding hydrogens is 588 g/mol. The first-order chi connectivity index (χ1) is 22.1. The van der Waals surface area contributed by atoms with Crippen molar-refractivity contribution in [1.29, 1.82) is 0 Å². The van der Waals surface area contributed by atoms with E-state index >= 15 is 0 Å². The van der Waals surface area contributed by atoms with Gasteiger partial charge in [0.1, 0.15) is 11.5 Å². The van der Waals surface area contributed by atoms with Crippen LogP contribution in [0.2, 0.25) is 0 Å². The Morgan fingerprint density at radius 1 is 0.830 bits per heavy atom. The molecule has 4 rings (SSSR count). The van der Waals surface area contributed by atoms with Crippen molar-refractivity contribution in [2.45, 2.75) is 130 Å².